The molecule has 0 aliphatic heterocycles. The van der Waals surface area contributed by atoms with Gasteiger partial charge in [0.05, 0.1) is 10.6 Å². The Bertz CT molecular complexity index is 704. The summed E-state index contributed by atoms with van der Waals surface area (Å²) < 4.78 is 1.35. The van der Waals surface area contributed by atoms with Gasteiger partial charge in [-0.25, -0.2) is 4.98 Å². The number of aromatic nitrogens is 2. The molecule has 0 atom stereocenters. The van der Waals surface area contributed by atoms with Gasteiger partial charge in [-0.2, -0.15) is 0 Å². The lowest BCUT2D eigenvalue weighted by molar-refractivity contribution is -0.384. The molecular weight excluding hydrogens is 272 g/mol. The molecule has 0 radical (unpaired) electrons. The normalized spacial score (nSPS) is 10.2. The molecule has 0 saturated carbocycles. The van der Waals surface area contributed by atoms with E-state index in [0.29, 0.717) is 5.69 Å². The average Bonchev–Trinajstić information content (AvgIpc) is 2.33. The highest BCUT2D eigenvalue weighted by molar-refractivity contribution is 6.29. The second-order valence-electron chi connectivity index (χ2n) is 3.75. The summed E-state index contributed by atoms with van der Waals surface area (Å²) in [5, 5.41) is 13.8. The maximum atomic E-state index is 11.2. The lowest BCUT2D eigenvalue weighted by Gasteiger charge is -2.07. The first-order valence-electron chi connectivity index (χ1n) is 5.22. The Balaban J connectivity index is 0.00000200. The Kier molecular flexibility index (Phi) is 3.48. The molecule has 0 fully saturated rings. The van der Waals surface area contributed by atoms with Crippen molar-refractivity contribution in [2.75, 3.05) is 5.32 Å². The highest BCUT2D eigenvalue weighted by Crippen LogP contribution is 2.26. The van der Waals surface area contributed by atoms with Crippen LogP contribution in [0.4, 0.5) is 17.2 Å². The summed E-state index contributed by atoms with van der Waals surface area (Å²) in [4.78, 5) is 25.4. The number of hydrogen-bond acceptors (Lipinski definition) is 5. The van der Waals surface area contributed by atoms with Crippen LogP contribution in [0.3, 0.4) is 0 Å². The van der Waals surface area contributed by atoms with Crippen LogP contribution < -0.4 is 10.9 Å². The minimum Gasteiger partial charge on any atom is -0.333 e. The van der Waals surface area contributed by atoms with Gasteiger partial charge in [0.25, 0.3) is 0 Å². The van der Waals surface area contributed by atoms with Crippen molar-refractivity contribution in [1.29, 1.82) is 0 Å². The first-order chi connectivity index (χ1) is 8.97. The highest BCUT2D eigenvalue weighted by atomic mass is 35.5. The topological polar surface area (TPSA) is 90.1 Å². The maximum absolute atomic E-state index is 11.2. The van der Waals surface area contributed by atoms with Crippen LogP contribution in [-0.2, 0) is 7.05 Å². The van der Waals surface area contributed by atoms with Crippen molar-refractivity contribution in [1.82, 2.24) is 9.55 Å². The monoisotopic (exact) mass is 282 g/mol. The van der Waals surface area contributed by atoms with Gasteiger partial charge in [0.1, 0.15) is 5.15 Å². The molecule has 0 amide bonds. The number of anilines is 2. The van der Waals surface area contributed by atoms with Crippen molar-refractivity contribution in [3.63, 3.8) is 0 Å². The zero-order valence-electron chi connectivity index (χ0n) is 9.83. The van der Waals surface area contributed by atoms with Crippen LogP contribution in [0.15, 0.2) is 35.3 Å². The average molecular weight is 283 g/mol. The number of hydrogen-bond donors (Lipinski definition) is 1. The molecule has 0 spiro atoms. The van der Waals surface area contributed by atoms with Crippen LogP contribution >= 0.6 is 11.6 Å². The van der Waals surface area contributed by atoms with Crippen molar-refractivity contribution >= 4 is 28.8 Å². The van der Waals surface area contributed by atoms with Gasteiger partial charge < -0.3 is 9.88 Å². The largest absolute Gasteiger partial charge is 0.333 e. The summed E-state index contributed by atoms with van der Waals surface area (Å²) in [5.41, 5.74) is 0.123. The summed E-state index contributed by atoms with van der Waals surface area (Å²) in [6.45, 7) is 0. The molecule has 19 heavy (non-hydrogen) atoms. The number of nitrogens with zero attached hydrogens (tertiary/aromatic N) is 3. The number of nitro groups is 1. The van der Waals surface area contributed by atoms with Gasteiger partial charge in [0.2, 0.25) is 11.4 Å². The quantitative estimate of drug-likeness (QED) is 0.530. The van der Waals surface area contributed by atoms with Crippen LogP contribution in [-0.4, -0.2) is 14.5 Å². The van der Waals surface area contributed by atoms with Gasteiger partial charge in [-0.05, 0) is 12.1 Å². The van der Waals surface area contributed by atoms with Crippen LogP contribution in [0.2, 0.25) is 5.15 Å². The van der Waals surface area contributed by atoms with Gasteiger partial charge in [-0.15, -0.1) is 0 Å². The summed E-state index contributed by atoms with van der Waals surface area (Å²) in [5.74, 6) is 0.0242. The third-order valence-electron chi connectivity index (χ3n) is 2.39. The lowest BCUT2D eigenvalue weighted by Crippen LogP contribution is -2.14. The molecule has 8 heteroatoms. The zero-order chi connectivity index (χ0) is 14.0. The van der Waals surface area contributed by atoms with Crippen LogP contribution in [0.5, 0.6) is 0 Å². The van der Waals surface area contributed by atoms with Gasteiger partial charge >= 0.3 is 5.69 Å². The molecule has 2 heterocycles. The fourth-order valence-electron chi connectivity index (χ4n) is 1.47. The molecule has 100 valence electrons. The number of nitrogens with one attached hydrogen (secondary N) is 1. The Labute approximate surface area is 114 Å². The van der Waals surface area contributed by atoms with Crippen molar-refractivity contribution in [3.8, 4) is 0 Å². The predicted molar refractivity (Wildman–Crippen MR) is 73.0 cm³/mol. The van der Waals surface area contributed by atoms with E-state index in [4.69, 9.17) is 11.6 Å². The second kappa shape index (κ2) is 5.07. The van der Waals surface area contributed by atoms with E-state index < -0.39 is 4.92 Å². The number of aryl methyl sites for hydroxylation is 1. The van der Waals surface area contributed by atoms with Crippen LogP contribution in [0.1, 0.15) is 1.43 Å². The first-order valence-corrected chi connectivity index (χ1v) is 5.60. The van der Waals surface area contributed by atoms with E-state index in [2.05, 4.69) is 10.3 Å². The van der Waals surface area contributed by atoms with Crippen molar-refractivity contribution in [2.24, 2.45) is 7.05 Å². The lowest BCUT2D eigenvalue weighted by atomic mass is 10.3. The molecule has 2 rings (SSSR count). The number of rotatable bonds is 3. The molecule has 2 aromatic rings. The van der Waals surface area contributed by atoms with Crippen molar-refractivity contribution in [2.45, 2.75) is 0 Å². The minimum absolute atomic E-state index is 0. The highest BCUT2D eigenvalue weighted by Gasteiger charge is 2.15. The molecule has 0 saturated heterocycles. The van der Waals surface area contributed by atoms with Crippen molar-refractivity contribution < 1.29 is 6.35 Å². The molecule has 2 aromatic heterocycles. The Morgan fingerprint density at radius 1 is 1.42 bits per heavy atom. The maximum Gasteiger partial charge on any atom is 0.311 e. The molecule has 0 aromatic carbocycles. The third-order valence-corrected chi connectivity index (χ3v) is 2.60. The van der Waals surface area contributed by atoms with E-state index in [1.165, 1.54) is 35.0 Å². The zero-order valence-corrected chi connectivity index (χ0v) is 10.6. The minimum atomic E-state index is -0.562. The molecule has 0 bridgehead atoms. The molecule has 0 aliphatic rings. The Morgan fingerprint density at radius 2 is 2.16 bits per heavy atom. The van der Waals surface area contributed by atoms with E-state index in [9.17, 15) is 14.9 Å². The number of pyridine rings is 2. The fraction of sp³-hybridized carbons (Fsp3) is 0.0909. The van der Waals surface area contributed by atoms with E-state index in [-0.39, 0.29) is 23.6 Å². The first kappa shape index (κ1) is 13.0. The standard InChI is InChI=1S/C11H9ClN4O3.H2/c1-15-6-7(2-5-10(15)17)13-11-8(16(18)19)3-4-9(12)14-11;/h2-6H,1H3,(H,13,14);1H. The smallest absolute Gasteiger partial charge is 0.311 e. The van der Waals surface area contributed by atoms with E-state index in [0.717, 1.165) is 0 Å². The van der Waals surface area contributed by atoms with E-state index >= 15 is 0 Å². The molecular formula is C11H11ClN4O3. The molecule has 7 nitrogen and oxygen atoms in total. The second-order valence-corrected chi connectivity index (χ2v) is 4.14. The Hall–Kier alpha value is -2.41. The van der Waals surface area contributed by atoms with Gasteiger partial charge in [-0.1, -0.05) is 11.6 Å². The number of halogens is 1. The van der Waals surface area contributed by atoms with Gasteiger partial charge in [-0.3, -0.25) is 14.9 Å². The molecule has 1 N–H and O–H groups in total. The predicted octanol–water partition coefficient (Wildman–Crippen LogP) is 2.33. The molecule has 0 aliphatic carbocycles. The third kappa shape index (κ3) is 2.89. The summed E-state index contributed by atoms with van der Waals surface area (Å²) in [6.07, 6.45) is 1.51. The summed E-state index contributed by atoms with van der Waals surface area (Å²) >= 11 is 5.72. The molecule has 0 unspecified atom stereocenters. The van der Waals surface area contributed by atoms with Crippen LogP contribution in [0.25, 0.3) is 0 Å². The van der Waals surface area contributed by atoms with Gasteiger partial charge in [0, 0.05) is 26.8 Å². The van der Waals surface area contributed by atoms with E-state index in [1.54, 1.807) is 7.05 Å². The van der Waals surface area contributed by atoms with Gasteiger partial charge in [0.15, 0.2) is 0 Å². The summed E-state index contributed by atoms with van der Waals surface area (Å²) in [6, 6.07) is 5.46. The SMILES string of the molecule is Cn1cc(Nc2nc(Cl)ccc2[N+](=O)[O-])ccc1=O.[HH]. The van der Waals surface area contributed by atoms with Crippen molar-refractivity contribution in [3.05, 3.63) is 56.1 Å². The van der Waals surface area contributed by atoms with Crippen LogP contribution in [0, 0.1) is 10.1 Å². The fourth-order valence-corrected chi connectivity index (χ4v) is 1.62. The summed E-state index contributed by atoms with van der Waals surface area (Å²) in [7, 11) is 1.58. The Morgan fingerprint density at radius 3 is 2.79 bits per heavy atom. The van der Waals surface area contributed by atoms with E-state index in [1.807, 2.05) is 0 Å².